The molecule has 2 heterocycles. The molecule has 0 aliphatic carbocycles. The molecule has 1 saturated heterocycles. The Morgan fingerprint density at radius 3 is 2.85 bits per heavy atom. The van der Waals surface area contributed by atoms with Crippen molar-refractivity contribution in [3.05, 3.63) is 69.5 Å². The molecule has 1 aliphatic heterocycles. The molecule has 138 valence electrons. The number of carbonyl (C=O) groups is 1. The fourth-order valence-corrected chi connectivity index (χ4v) is 4.01. The van der Waals surface area contributed by atoms with E-state index in [0.717, 1.165) is 21.2 Å². The van der Waals surface area contributed by atoms with Crippen LogP contribution in [0.5, 0.6) is 0 Å². The van der Waals surface area contributed by atoms with Crippen LogP contribution in [0.25, 0.3) is 11.4 Å². The van der Waals surface area contributed by atoms with Crippen molar-refractivity contribution in [1.29, 1.82) is 0 Å². The van der Waals surface area contributed by atoms with Gasteiger partial charge in [0.15, 0.2) is 0 Å². The summed E-state index contributed by atoms with van der Waals surface area (Å²) in [4.78, 5) is 18.9. The lowest BCUT2D eigenvalue weighted by molar-refractivity contribution is -0.129. The molecule has 5 nitrogen and oxygen atoms in total. The van der Waals surface area contributed by atoms with Crippen LogP contribution in [-0.4, -0.2) is 20.9 Å². The summed E-state index contributed by atoms with van der Waals surface area (Å²) in [6, 6.07) is 14.0. The van der Waals surface area contributed by atoms with Gasteiger partial charge < -0.3 is 9.42 Å². The molecule has 1 unspecified atom stereocenters. The number of amides is 1. The number of aromatic nitrogens is 2. The standard InChI is InChI=1S/C21H20BrN3O2/c1-13-6-7-17(14(2)10-13)20-23-21(27-24-20)18-8-9-19(26)25(18)12-15-4-3-5-16(22)11-15/h3-7,10-11,18H,8-9,12H2,1-2H3. The van der Waals surface area contributed by atoms with Gasteiger partial charge >= 0.3 is 0 Å². The van der Waals surface area contributed by atoms with Gasteiger partial charge in [0, 0.05) is 23.0 Å². The molecule has 2 aromatic carbocycles. The zero-order valence-electron chi connectivity index (χ0n) is 15.3. The molecule has 0 spiro atoms. The lowest BCUT2D eigenvalue weighted by Gasteiger charge is -2.22. The van der Waals surface area contributed by atoms with E-state index in [9.17, 15) is 4.79 Å². The first-order valence-electron chi connectivity index (χ1n) is 8.96. The Morgan fingerprint density at radius 2 is 2.07 bits per heavy atom. The quantitative estimate of drug-likeness (QED) is 0.591. The van der Waals surface area contributed by atoms with E-state index in [1.54, 1.807) is 0 Å². The van der Waals surface area contributed by atoms with Gasteiger partial charge in [-0.15, -0.1) is 0 Å². The fraction of sp³-hybridized carbons (Fsp3) is 0.286. The second kappa shape index (κ2) is 7.27. The molecule has 0 saturated carbocycles. The SMILES string of the molecule is Cc1ccc(-c2noc(C3CCC(=O)N3Cc3cccc(Br)c3)n2)c(C)c1. The van der Waals surface area contributed by atoms with E-state index >= 15 is 0 Å². The second-order valence-corrected chi connectivity index (χ2v) is 7.90. The molecule has 1 fully saturated rings. The van der Waals surface area contributed by atoms with E-state index in [2.05, 4.69) is 39.1 Å². The van der Waals surface area contributed by atoms with Crippen molar-refractivity contribution in [2.24, 2.45) is 0 Å². The Hall–Kier alpha value is -2.47. The van der Waals surface area contributed by atoms with Crippen LogP contribution in [0.15, 0.2) is 51.5 Å². The lowest BCUT2D eigenvalue weighted by Crippen LogP contribution is -2.27. The lowest BCUT2D eigenvalue weighted by atomic mass is 10.1. The van der Waals surface area contributed by atoms with Gasteiger partial charge in [-0.1, -0.05) is 57.0 Å². The average Bonchev–Trinajstić information content (AvgIpc) is 3.23. The first-order valence-corrected chi connectivity index (χ1v) is 9.76. The second-order valence-electron chi connectivity index (χ2n) is 6.98. The predicted octanol–water partition coefficient (Wildman–Crippen LogP) is 4.98. The summed E-state index contributed by atoms with van der Waals surface area (Å²) < 4.78 is 6.56. The molecule has 1 aliphatic rings. The molecule has 0 radical (unpaired) electrons. The minimum Gasteiger partial charge on any atom is -0.337 e. The maximum atomic E-state index is 12.4. The maximum absolute atomic E-state index is 12.4. The summed E-state index contributed by atoms with van der Waals surface area (Å²) in [5, 5.41) is 4.17. The zero-order valence-corrected chi connectivity index (χ0v) is 16.9. The summed E-state index contributed by atoms with van der Waals surface area (Å²) in [6.07, 6.45) is 1.20. The van der Waals surface area contributed by atoms with Crippen LogP contribution >= 0.6 is 15.9 Å². The number of carbonyl (C=O) groups excluding carboxylic acids is 1. The molecule has 1 aromatic heterocycles. The van der Waals surface area contributed by atoms with Gasteiger partial charge in [0.2, 0.25) is 17.6 Å². The summed E-state index contributed by atoms with van der Waals surface area (Å²) in [6.45, 7) is 4.63. The highest BCUT2D eigenvalue weighted by Gasteiger charge is 2.36. The van der Waals surface area contributed by atoms with Crippen LogP contribution in [0.4, 0.5) is 0 Å². The number of hydrogen-bond acceptors (Lipinski definition) is 4. The Bertz CT molecular complexity index is 999. The van der Waals surface area contributed by atoms with Crippen molar-refractivity contribution in [1.82, 2.24) is 15.0 Å². The van der Waals surface area contributed by atoms with Gasteiger partial charge in [0.1, 0.15) is 6.04 Å². The first kappa shape index (κ1) is 17.9. The van der Waals surface area contributed by atoms with E-state index in [-0.39, 0.29) is 11.9 Å². The zero-order chi connectivity index (χ0) is 19.0. The maximum Gasteiger partial charge on any atom is 0.249 e. The number of aryl methyl sites for hydroxylation is 2. The number of benzene rings is 2. The Kier molecular flexibility index (Phi) is 4.83. The highest BCUT2D eigenvalue weighted by molar-refractivity contribution is 9.10. The highest BCUT2D eigenvalue weighted by Crippen LogP contribution is 2.34. The highest BCUT2D eigenvalue weighted by atomic mass is 79.9. The minimum absolute atomic E-state index is 0.117. The Labute approximate surface area is 166 Å². The molecule has 0 bridgehead atoms. The van der Waals surface area contributed by atoms with Gasteiger partial charge in [-0.05, 0) is 43.5 Å². The molecule has 0 N–H and O–H groups in total. The molecule has 4 rings (SSSR count). The monoisotopic (exact) mass is 425 g/mol. The summed E-state index contributed by atoms with van der Waals surface area (Å²) in [5.74, 6) is 1.20. The van der Waals surface area contributed by atoms with Crippen molar-refractivity contribution in [2.45, 2.75) is 39.3 Å². The normalized spacial score (nSPS) is 16.9. The molecule has 27 heavy (non-hydrogen) atoms. The van der Waals surface area contributed by atoms with Crippen LogP contribution in [0.3, 0.4) is 0 Å². The Balaban J connectivity index is 1.60. The van der Waals surface area contributed by atoms with Gasteiger partial charge in [0.05, 0.1) is 0 Å². The number of nitrogens with zero attached hydrogens (tertiary/aromatic N) is 3. The van der Waals surface area contributed by atoms with E-state index < -0.39 is 0 Å². The Morgan fingerprint density at radius 1 is 1.22 bits per heavy atom. The van der Waals surface area contributed by atoms with Gasteiger partial charge in [0.25, 0.3) is 0 Å². The fourth-order valence-electron chi connectivity index (χ4n) is 3.57. The molecule has 3 aromatic rings. The first-order chi connectivity index (χ1) is 13.0. The average molecular weight is 426 g/mol. The van der Waals surface area contributed by atoms with E-state index in [0.29, 0.717) is 31.1 Å². The van der Waals surface area contributed by atoms with E-state index in [4.69, 9.17) is 4.52 Å². The predicted molar refractivity (Wildman–Crippen MR) is 106 cm³/mol. The smallest absolute Gasteiger partial charge is 0.249 e. The van der Waals surface area contributed by atoms with Crippen molar-refractivity contribution >= 4 is 21.8 Å². The van der Waals surface area contributed by atoms with Crippen LogP contribution in [-0.2, 0) is 11.3 Å². The minimum atomic E-state index is -0.177. The number of rotatable bonds is 4. The van der Waals surface area contributed by atoms with Crippen molar-refractivity contribution in [3.63, 3.8) is 0 Å². The van der Waals surface area contributed by atoms with Crippen molar-refractivity contribution in [2.75, 3.05) is 0 Å². The van der Waals surface area contributed by atoms with Crippen LogP contribution in [0.1, 0.15) is 41.5 Å². The summed E-state index contributed by atoms with van der Waals surface area (Å²) in [5.41, 5.74) is 4.33. The van der Waals surface area contributed by atoms with Gasteiger partial charge in [-0.3, -0.25) is 4.79 Å². The van der Waals surface area contributed by atoms with Crippen molar-refractivity contribution in [3.8, 4) is 11.4 Å². The molecule has 6 heteroatoms. The van der Waals surface area contributed by atoms with Gasteiger partial charge in [-0.2, -0.15) is 4.98 Å². The third-order valence-electron chi connectivity index (χ3n) is 4.92. The largest absolute Gasteiger partial charge is 0.337 e. The van der Waals surface area contributed by atoms with E-state index in [1.807, 2.05) is 48.2 Å². The number of likely N-dealkylation sites (tertiary alicyclic amines) is 1. The summed E-state index contributed by atoms with van der Waals surface area (Å²) >= 11 is 3.48. The van der Waals surface area contributed by atoms with Gasteiger partial charge in [-0.25, -0.2) is 0 Å². The molecule has 1 atom stereocenters. The molecular formula is C21H20BrN3O2. The van der Waals surface area contributed by atoms with Crippen LogP contribution in [0.2, 0.25) is 0 Å². The third kappa shape index (κ3) is 3.67. The van der Waals surface area contributed by atoms with Crippen LogP contribution in [0, 0.1) is 13.8 Å². The van der Waals surface area contributed by atoms with Crippen LogP contribution < -0.4 is 0 Å². The van der Waals surface area contributed by atoms with Crippen molar-refractivity contribution < 1.29 is 9.32 Å². The molecular weight excluding hydrogens is 406 g/mol. The number of halogens is 1. The topological polar surface area (TPSA) is 59.2 Å². The summed E-state index contributed by atoms with van der Waals surface area (Å²) in [7, 11) is 0. The third-order valence-corrected chi connectivity index (χ3v) is 5.41. The number of hydrogen-bond donors (Lipinski definition) is 0. The van der Waals surface area contributed by atoms with E-state index in [1.165, 1.54) is 5.56 Å². The molecule has 1 amide bonds.